The maximum absolute atomic E-state index is 3.43. The van der Waals surface area contributed by atoms with E-state index in [0.717, 1.165) is 6.54 Å². The molecule has 1 aliphatic rings. The molecule has 1 aromatic rings. The molecule has 0 aliphatic carbocycles. The summed E-state index contributed by atoms with van der Waals surface area (Å²) in [5.74, 6) is 0.696. The van der Waals surface area contributed by atoms with Crippen molar-refractivity contribution in [3.63, 3.8) is 0 Å². The molecule has 0 bridgehead atoms. The van der Waals surface area contributed by atoms with Gasteiger partial charge in [-0.2, -0.15) is 0 Å². The molecular weight excluding hydrogens is 261 g/mol. The van der Waals surface area contributed by atoms with Crippen molar-refractivity contribution in [3.8, 4) is 0 Å². The minimum atomic E-state index is 0.696. The molecule has 0 radical (unpaired) electrons. The Morgan fingerprint density at radius 3 is 3.00 bits per heavy atom. The maximum atomic E-state index is 3.43. The molecule has 2 rings (SSSR count). The Morgan fingerprint density at radius 1 is 1.50 bits per heavy atom. The van der Waals surface area contributed by atoms with Gasteiger partial charge in [-0.3, -0.25) is 0 Å². The van der Waals surface area contributed by atoms with Gasteiger partial charge in [-0.05, 0) is 11.6 Å². The van der Waals surface area contributed by atoms with Crippen molar-refractivity contribution in [2.75, 3.05) is 11.9 Å². The molecule has 0 saturated heterocycles. The van der Waals surface area contributed by atoms with Crippen molar-refractivity contribution in [3.05, 3.63) is 29.8 Å². The number of hydrogen-bond donors (Lipinski definition) is 1. The fourth-order valence-corrected chi connectivity index (χ4v) is 2.36. The summed E-state index contributed by atoms with van der Waals surface area (Å²) in [5, 5.41) is 3.43. The normalized spacial score (nSPS) is 23.0. The molecule has 12 heavy (non-hydrogen) atoms. The van der Waals surface area contributed by atoms with E-state index in [1.54, 1.807) is 0 Å². The van der Waals surface area contributed by atoms with Gasteiger partial charge in [-0.15, -0.1) is 0 Å². The molecule has 0 amide bonds. The number of anilines is 1. The van der Waals surface area contributed by atoms with Gasteiger partial charge in [0.25, 0.3) is 0 Å². The maximum Gasteiger partial charge on any atom is 0.0376 e. The second-order valence-electron chi connectivity index (χ2n) is 3.25. The Hall–Kier alpha value is -0.250. The van der Waals surface area contributed by atoms with E-state index in [0.29, 0.717) is 9.84 Å². The molecule has 0 spiro atoms. The van der Waals surface area contributed by atoms with Crippen LogP contribution in [-0.2, 0) is 0 Å². The quantitative estimate of drug-likeness (QED) is 0.612. The Kier molecular flexibility index (Phi) is 2.26. The van der Waals surface area contributed by atoms with Gasteiger partial charge in [0.05, 0.1) is 0 Å². The predicted molar refractivity (Wildman–Crippen MR) is 61.2 cm³/mol. The highest BCUT2D eigenvalue weighted by Gasteiger charge is 2.24. The Labute approximate surface area is 86.7 Å². The third-order valence-corrected chi connectivity index (χ3v) is 3.30. The van der Waals surface area contributed by atoms with E-state index in [1.165, 1.54) is 11.3 Å². The average Bonchev–Trinajstić information content (AvgIpc) is 2.47. The lowest BCUT2D eigenvalue weighted by atomic mass is 9.99. The lowest BCUT2D eigenvalue weighted by Crippen LogP contribution is -2.10. The van der Waals surface area contributed by atoms with Crippen molar-refractivity contribution < 1.29 is 0 Å². The monoisotopic (exact) mass is 273 g/mol. The third-order valence-electron chi connectivity index (χ3n) is 2.43. The standard InChI is InChI=1S/C10H12IN/c1-7(11)9-6-12-10-5-3-2-4-8(9)10/h2-5,7,9,12H,6H2,1H3/t7-,9?/m0/s1. The van der Waals surface area contributed by atoms with Crippen LogP contribution in [0.4, 0.5) is 5.69 Å². The van der Waals surface area contributed by atoms with Crippen LogP contribution in [0.25, 0.3) is 0 Å². The first-order valence-corrected chi connectivity index (χ1v) is 5.50. The van der Waals surface area contributed by atoms with Crippen LogP contribution in [0.3, 0.4) is 0 Å². The first-order valence-electron chi connectivity index (χ1n) is 4.26. The largest absolute Gasteiger partial charge is 0.384 e. The van der Waals surface area contributed by atoms with Crippen molar-refractivity contribution in [1.29, 1.82) is 0 Å². The van der Waals surface area contributed by atoms with Crippen LogP contribution in [0.1, 0.15) is 18.4 Å². The average molecular weight is 273 g/mol. The lowest BCUT2D eigenvalue weighted by molar-refractivity contribution is 0.766. The zero-order chi connectivity index (χ0) is 8.55. The number of benzene rings is 1. The number of rotatable bonds is 1. The van der Waals surface area contributed by atoms with Gasteiger partial charge in [-0.25, -0.2) is 0 Å². The Balaban J connectivity index is 2.36. The smallest absolute Gasteiger partial charge is 0.0376 e. The molecule has 2 heteroatoms. The van der Waals surface area contributed by atoms with Crippen molar-refractivity contribution >= 4 is 28.3 Å². The van der Waals surface area contributed by atoms with E-state index in [1.807, 2.05) is 0 Å². The van der Waals surface area contributed by atoms with E-state index in [2.05, 4.69) is 59.1 Å². The third kappa shape index (κ3) is 1.32. The molecular formula is C10H12IN. The fraction of sp³-hybridized carbons (Fsp3) is 0.400. The molecule has 1 aromatic carbocycles. The molecule has 0 aromatic heterocycles. The number of fused-ring (bicyclic) bond motifs is 1. The van der Waals surface area contributed by atoms with Gasteiger partial charge in [0.15, 0.2) is 0 Å². The number of hydrogen-bond acceptors (Lipinski definition) is 1. The topological polar surface area (TPSA) is 12.0 Å². The lowest BCUT2D eigenvalue weighted by Gasteiger charge is -2.11. The fourth-order valence-electron chi connectivity index (χ4n) is 1.72. The van der Waals surface area contributed by atoms with Crippen molar-refractivity contribution in [2.45, 2.75) is 16.8 Å². The van der Waals surface area contributed by atoms with E-state index in [4.69, 9.17) is 0 Å². The van der Waals surface area contributed by atoms with E-state index in [-0.39, 0.29) is 0 Å². The number of halogens is 1. The van der Waals surface area contributed by atoms with E-state index >= 15 is 0 Å². The van der Waals surface area contributed by atoms with Gasteiger partial charge in [0, 0.05) is 22.1 Å². The summed E-state index contributed by atoms with van der Waals surface area (Å²) in [6, 6.07) is 8.60. The molecule has 1 aliphatic heterocycles. The molecule has 1 N–H and O–H groups in total. The Bertz CT molecular complexity index is 283. The molecule has 64 valence electrons. The second-order valence-corrected chi connectivity index (χ2v) is 5.22. The summed E-state index contributed by atoms with van der Waals surface area (Å²) in [5.41, 5.74) is 2.81. The summed E-state index contributed by atoms with van der Waals surface area (Å²) in [7, 11) is 0. The number of alkyl halides is 1. The SMILES string of the molecule is C[C@H](I)C1CNc2ccccc21. The summed E-state index contributed by atoms with van der Waals surface area (Å²) in [4.78, 5) is 0. The number of para-hydroxylation sites is 1. The van der Waals surface area contributed by atoms with Gasteiger partial charge < -0.3 is 5.32 Å². The first kappa shape index (κ1) is 8.35. The summed E-state index contributed by atoms with van der Waals surface area (Å²) < 4.78 is 0.707. The van der Waals surface area contributed by atoms with Crippen LogP contribution in [0.5, 0.6) is 0 Å². The van der Waals surface area contributed by atoms with Crippen LogP contribution in [0.2, 0.25) is 0 Å². The van der Waals surface area contributed by atoms with Gasteiger partial charge in [-0.1, -0.05) is 47.7 Å². The van der Waals surface area contributed by atoms with Crippen LogP contribution < -0.4 is 5.32 Å². The highest BCUT2D eigenvalue weighted by Crippen LogP contribution is 2.35. The molecule has 0 saturated carbocycles. The Morgan fingerprint density at radius 2 is 2.25 bits per heavy atom. The zero-order valence-electron chi connectivity index (χ0n) is 7.05. The number of nitrogens with one attached hydrogen (secondary N) is 1. The summed E-state index contributed by atoms with van der Waals surface area (Å²) in [6.45, 7) is 3.37. The molecule has 2 atom stereocenters. The van der Waals surface area contributed by atoms with Crippen LogP contribution in [0.15, 0.2) is 24.3 Å². The molecule has 1 unspecified atom stereocenters. The summed E-state index contributed by atoms with van der Waals surface area (Å²) in [6.07, 6.45) is 0. The van der Waals surface area contributed by atoms with Gasteiger partial charge in [0.1, 0.15) is 0 Å². The first-order chi connectivity index (χ1) is 5.79. The van der Waals surface area contributed by atoms with Crippen molar-refractivity contribution in [1.82, 2.24) is 0 Å². The molecule has 1 nitrogen and oxygen atoms in total. The minimum absolute atomic E-state index is 0.696. The summed E-state index contributed by atoms with van der Waals surface area (Å²) >= 11 is 2.50. The van der Waals surface area contributed by atoms with Crippen molar-refractivity contribution in [2.24, 2.45) is 0 Å². The molecule has 1 heterocycles. The molecule has 0 fully saturated rings. The second kappa shape index (κ2) is 3.24. The van der Waals surface area contributed by atoms with Crippen LogP contribution >= 0.6 is 22.6 Å². The van der Waals surface area contributed by atoms with Gasteiger partial charge in [0.2, 0.25) is 0 Å². The highest BCUT2D eigenvalue weighted by atomic mass is 127. The zero-order valence-corrected chi connectivity index (χ0v) is 9.21. The van der Waals surface area contributed by atoms with E-state index < -0.39 is 0 Å². The minimum Gasteiger partial charge on any atom is -0.384 e. The predicted octanol–water partition coefficient (Wildman–Crippen LogP) is 3.02. The van der Waals surface area contributed by atoms with E-state index in [9.17, 15) is 0 Å². The van der Waals surface area contributed by atoms with Crippen LogP contribution in [0, 0.1) is 0 Å². The van der Waals surface area contributed by atoms with Crippen LogP contribution in [-0.4, -0.2) is 10.5 Å². The highest BCUT2D eigenvalue weighted by molar-refractivity contribution is 14.1. The van der Waals surface area contributed by atoms with Gasteiger partial charge >= 0.3 is 0 Å².